The van der Waals surface area contributed by atoms with Gasteiger partial charge in [-0.3, -0.25) is 4.90 Å². The average Bonchev–Trinajstić information content (AvgIpc) is 2.44. The van der Waals surface area contributed by atoms with Crippen molar-refractivity contribution in [2.24, 2.45) is 0 Å². The first-order valence-corrected chi connectivity index (χ1v) is 6.79. The van der Waals surface area contributed by atoms with Gasteiger partial charge in [-0.2, -0.15) is 0 Å². The second kappa shape index (κ2) is 6.62. The molecule has 0 aliphatic rings. The summed E-state index contributed by atoms with van der Waals surface area (Å²) in [6.45, 7) is 5.23. The van der Waals surface area contributed by atoms with E-state index in [-0.39, 0.29) is 6.04 Å². The van der Waals surface area contributed by atoms with Crippen LogP contribution in [0.3, 0.4) is 0 Å². The monoisotopic (exact) mass is 275 g/mol. The first-order valence-electron chi connectivity index (χ1n) is 6.79. The lowest BCUT2D eigenvalue weighted by molar-refractivity contribution is 0.200. The van der Waals surface area contributed by atoms with Gasteiger partial charge in [-0.1, -0.05) is 42.5 Å². The van der Waals surface area contributed by atoms with E-state index in [0.717, 1.165) is 11.6 Å². The molecule has 0 aliphatic heterocycles. The Labute approximate surface area is 118 Å². The normalized spacial score (nSPS) is 11.3. The molecule has 0 saturated carbocycles. The van der Waals surface area contributed by atoms with Gasteiger partial charge in [-0.05, 0) is 25.5 Å². The largest absolute Gasteiger partial charge is 0.292 e. The molecular weight excluding hydrogens is 256 g/mol. The first kappa shape index (κ1) is 14.7. The van der Waals surface area contributed by atoms with Crippen LogP contribution in [-0.2, 0) is 13.1 Å². The molecule has 3 heteroatoms. The molecule has 2 aromatic carbocycles. The van der Waals surface area contributed by atoms with E-state index in [9.17, 15) is 8.78 Å². The Balaban J connectivity index is 2.16. The van der Waals surface area contributed by atoms with Crippen LogP contribution in [-0.4, -0.2) is 10.9 Å². The molecular formula is C17H19F2N. The minimum absolute atomic E-state index is 0.248. The SMILES string of the molecule is CC(C)N(Cc1ccccc1)Cc1cccc(F)c1F. The van der Waals surface area contributed by atoms with Crippen LogP contribution in [0.2, 0.25) is 0 Å². The third-order valence-corrected chi connectivity index (χ3v) is 3.36. The number of hydrogen-bond donors (Lipinski definition) is 0. The van der Waals surface area contributed by atoms with E-state index >= 15 is 0 Å². The molecule has 0 atom stereocenters. The van der Waals surface area contributed by atoms with E-state index in [1.165, 1.54) is 0 Å². The molecule has 0 aliphatic carbocycles. The minimum atomic E-state index is -0.786. The fourth-order valence-corrected chi connectivity index (χ4v) is 2.13. The maximum absolute atomic E-state index is 13.8. The van der Waals surface area contributed by atoms with Crippen molar-refractivity contribution in [1.82, 2.24) is 4.90 Å². The Bertz CT molecular complexity index is 552. The van der Waals surface area contributed by atoms with Gasteiger partial charge < -0.3 is 0 Å². The number of hydrogen-bond acceptors (Lipinski definition) is 1. The maximum atomic E-state index is 13.8. The lowest BCUT2D eigenvalue weighted by Gasteiger charge is -2.26. The van der Waals surface area contributed by atoms with Gasteiger partial charge in [0.1, 0.15) is 0 Å². The van der Waals surface area contributed by atoms with E-state index in [1.54, 1.807) is 12.1 Å². The summed E-state index contributed by atoms with van der Waals surface area (Å²) < 4.78 is 27.0. The van der Waals surface area contributed by atoms with Gasteiger partial charge in [-0.15, -0.1) is 0 Å². The van der Waals surface area contributed by atoms with Crippen LogP contribution in [0.25, 0.3) is 0 Å². The lowest BCUT2D eigenvalue weighted by atomic mass is 10.1. The van der Waals surface area contributed by atoms with Crippen molar-refractivity contribution in [2.75, 3.05) is 0 Å². The number of benzene rings is 2. The summed E-state index contributed by atoms with van der Waals surface area (Å²) in [7, 11) is 0. The van der Waals surface area contributed by atoms with Crippen LogP contribution >= 0.6 is 0 Å². The molecule has 0 heterocycles. The zero-order valence-corrected chi connectivity index (χ0v) is 11.8. The van der Waals surface area contributed by atoms with E-state index in [4.69, 9.17) is 0 Å². The Morgan fingerprint density at radius 2 is 1.60 bits per heavy atom. The molecule has 0 amide bonds. The van der Waals surface area contributed by atoms with Gasteiger partial charge in [0.25, 0.3) is 0 Å². The van der Waals surface area contributed by atoms with Gasteiger partial charge in [-0.25, -0.2) is 8.78 Å². The van der Waals surface area contributed by atoms with Crippen molar-refractivity contribution in [2.45, 2.75) is 33.0 Å². The molecule has 0 bridgehead atoms. The Hall–Kier alpha value is -1.74. The third-order valence-electron chi connectivity index (χ3n) is 3.36. The van der Waals surface area contributed by atoms with Crippen molar-refractivity contribution in [3.63, 3.8) is 0 Å². The quantitative estimate of drug-likeness (QED) is 0.783. The van der Waals surface area contributed by atoms with Gasteiger partial charge in [0, 0.05) is 24.7 Å². The molecule has 0 N–H and O–H groups in total. The van der Waals surface area contributed by atoms with E-state index < -0.39 is 11.6 Å². The van der Waals surface area contributed by atoms with Crippen LogP contribution in [0.15, 0.2) is 48.5 Å². The predicted molar refractivity (Wildman–Crippen MR) is 77.2 cm³/mol. The number of nitrogens with zero attached hydrogens (tertiary/aromatic N) is 1. The van der Waals surface area contributed by atoms with Gasteiger partial charge in [0.05, 0.1) is 0 Å². The fraction of sp³-hybridized carbons (Fsp3) is 0.294. The molecule has 1 nitrogen and oxygen atoms in total. The van der Waals surface area contributed by atoms with Crippen LogP contribution in [0.1, 0.15) is 25.0 Å². The van der Waals surface area contributed by atoms with Gasteiger partial charge >= 0.3 is 0 Å². The highest BCUT2D eigenvalue weighted by atomic mass is 19.2. The van der Waals surface area contributed by atoms with Gasteiger partial charge in [0.15, 0.2) is 11.6 Å². The van der Waals surface area contributed by atoms with Crippen molar-refractivity contribution in [1.29, 1.82) is 0 Å². The zero-order chi connectivity index (χ0) is 14.5. The molecule has 0 unspecified atom stereocenters. The van der Waals surface area contributed by atoms with Crippen LogP contribution < -0.4 is 0 Å². The summed E-state index contributed by atoms with van der Waals surface area (Å²) in [4.78, 5) is 2.12. The highest BCUT2D eigenvalue weighted by molar-refractivity contribution is 5.20. The molecule has 20 heavy (non-hydrogen) atoms. The molecule has 0 spiro atoms. The maximum Gasteiger partial charge on any atom is 0.163 e. The van der Waals surface area contributed by atoms with Crippen molar-refractivity contribution >= 4 is 0 Å². The molecule has 106 valence electrons. The van der Waals surface area contributed by atoms with Crippen LogP contribution in [0.4, 0.5) is 8.78 Å². The lowest BCUT2D eigenvalue weighted by Crippen LogP contribution is -2.30. The standard InChI is InChI=1S/C17H19F2N/c1-13(2)20(11-14-7-4-3-5-8-14)12-15-9-6-10-16(18)17(15)19/h3-10,13H,11-12H2,1-2H3. The summed E-state index contributed by atoms with van der Waals surface area (Å²) >= 11 is 0. The fourth-order valence-electron chi connectivity index (χ4n) is 2.13. The van der Waals surface area contributed by atoms with E-state index in [0.29, 0.717) is 18.7 Å². The van der Waals surface area contributed by atoms with Gasteiger partial charge in [0.2, 0.25) is 0 Å². The first-order chi connectivity index (χ1) is 9.58. The highest BCUT2D eigenvalue weighted by Crippen LogP contribution is 2.17. The third kappa shape index (κ3) is 3.64. The minimum Gasteiger partial charge on any atom is -0.292 e. The average molecular weight is 275 g/mol. The summed E-state index contributed by atoms with van der Waals surface area (Å²) in [5, 5.41) is 0. The van der Waals surface area contributed by atoms with E-state index in [2.05, 4.69) is 18.7 Å². The second-order valence-corrected chi connectivity index (χ2v) is 5.20. The molecule has 0 saturated heterocycles. The summed E-state index contributed by atoms with van der Waals surface area (Å²) in [6, 6.07) is 14.6. The Kier molecular flexibility index (Phi) is 4.85. The topological polar surface area (TPSA) is 3.24 Å². The van der Waals surface area contributed by atoms with Crippen LogP contribution in [0, 0.1) is 11.6 Å². The molecule has 2 aromatic rings. The molecule has 0 fully saturated rings. The Morgan fingerprint density at radius 1 is 0.900 bits per heavy atom. The summed E-state index contributed by atoms with van der Waals surface area (Å²) in [6.07, 6.45) is 0. The predicted octanol–water partition coefficient (Wildman–Crippen LogP) is 4.38. The Morgan fingerprint density at radius 3 is 2.25 bits per heavy atom. The number of rotatable bonds is 5. The second-order valence-electron chi connectivity index (χ2n) is 5.20. The van der Waals surface area contributed by atoms with Crippen LogP contribution in [0.5, 0.6) is 0 Å². The van der Waals surface area contributed by atoms with Crippen molar-refractivity contribution in [3.05, 3.63) is 71.3 Å². The number of halogens is 2. The van der Waals surface area contributed by atoms with Crippen molar-refractivity contribution in [3.8, 4) is 0 Å². The zero-order valence-electron chi connectivity index (χ0n) is 11.8. The smallest absolute Gasteiger partial charge is 0.163 e. The molecule has 2 rings (SSSR count). The van der Waals surface area contributed by atoms with E-state index in [1.807, 2.05) is 30.3 Å². The summed E-state index contributed by atoms with van der Waals surface area (Å²) in [5.41, 5.74) is 1.56. The summed E-state index contributed by atoms with van der Waals surface area (Å²) in [5.74, 6) is -1.53. The molecule has 0 radical (unpaired) electrons. The highest BCUT2D eigenvalue weighted by Gasteiger charge is 2.15. The molecule has 0 aromatic heterocycles. The van der Waals surface area contributed by atoms with Crippen molar-refractivity contribution < 1.29 is 8.78 Å².